The minimum atomic E-state index is -0.458. The molecule has 0 aliphatic carbocycles. The van der Waals surface area contributed by atoms with Crippen molar-refractivity contribution in [2.24, 2.45) is 0 Å². The van der Waals surface area contributed by atoms with Crippen LogP contribution >= 0.6 is 0 Å². The van der Waals surface area contributed by atoms with Crippen LogP contribution in [0.1, 0.15) is 50.0 Å². The highest BCUT2D eigenvalue weighted by molar-refractivity contribution is 6.00. The zero-order valence-electron chi connectivity index (χ0n) is 11.4. The maximum Gasteiger partial charge on any atom is 0.166 e. The highest BCUT2D eigenvalue weighted by Crippen LogP contribution is 2.23. The number of rotatable bonds is 5. The van der Waals surface area contributed by atoms with Gasteiger partial charge in [0.2, 0.25) is 0 Å². The standard InChI is InChI=1S/C15H20FNO/c1-5-7-11-8-12(17-10(3)4)9-13(16)15(11)14(18)6-2/h5,7-10,17H,6H2,1-4H3/b7-5+. The van der Waals surface area contributed by atoms with Gasteiger partial charge in [-0.1, -0.05) is 19.1 Å². The summed E-state index contributed by atoms with van der Waals surface area (Å²) >= 11 is 0. The van der Waals surface area contributed by atoms with Gasteiger partial charge >= 0.3 is 0 Å². The van der Waals surface area contributed by atoms with Gasteiger partial charge in [-0.3, -0.25) is 4.79 Å². The molecular weight excluding hydrogens is 229 g/mol. The third-order valence-electron chi connectivity index (χ3n) is 2.52. The van der Waals surface area contributed by atoms with Gasteiger partial charge in [-0.2, -0.15) is 0 Å². The van der Waals surface area contributed by atoms with Crippen molar-refractivity contribution in [3.63, 3.8) is 0 Å². The Hall–Kier alpha value is -1.64. The minimum Gasteiger partial charge on any atom is -0.383 e. The van der Waals surface area contributed by atoms with Crippen molar-refractivity contribution < 1.29 is 9.18 Å². The Kier molecular flexibility index (Phi) is 5.08. The van der Waals surface area contributed by atoms with Crippen molar-refractivity contribution in [2.45, 2.75) is 40.2 Å². The molecule has 98 valence electrons. The van der Waals surface area contributed by atoms with Gasteiger partial charge in [-0.05, 0) is 38.5 Å². The van der Waals surface area contributed by atoms with E-state index in [0.29, 0.717) is 17.7 Å². The number of halogens is 1. The van der Waals surface area contributed by atoms with Crippen molar-refractivity contribution in [3.05, 3.63) is 35.2 Å². The van der Waals surface area contributed by atoms with E-state index in [1.54, 1.807) is 19.1 Å². The van der Waals surface area contributed by atoms with E-state index in [0.717, 1.165) is 0 Å². The van der Waals surface area contributed by atoms with E-state index in [1.807, 2.05) is 26.8 Å². The summed E-state index contributed by atoms with van der Waals surface area (Å²) in [7, 11) is 0. The van der Waals surface area contributed by atoms with Gasteiger partial charge in [0.15, 0.2) is 5.78 Å². The van der Waals surface area contributed by atoms with E-state index >= 15 is 0 Å². The number of hydrogen-bond acceptors (Lipinski definition) is 2. The number of nitrogens with one attached hydrogen (secondary N) is 1. The van der Waals surface area contributed by atoms with Crippen LogP contribution in [0.2, 0.25) is 0 Å². The highest BCUT2D eigenvalue weighted by atomic mass is 19.1. The van der Waals surface area contributed by atoms with Gasteiger partial charge < -0.3 is 5.32 Å². The first-order valence-corrected chi connectivity index (χ1v) is 6.25. The minimum absolute atomic E-state index is 0.170. The molecule has 0 unspecified atom stereocenters. The largest absolute Gasteiger partial charge is 0.383 e. The summed E-state index contributed by atoms with van der Waals surface area (Å²) in [4.78, 5) is 11.8. The van der Waals surface area contributed by atoms with E-state index in [-0.39, 0.29) is 17.4 Å². The summed E-state index contributed by atoms with van der Waals surface area (Å²) < 4.78 is 14.0. The zero-order valence-corrected chi connectivity index (χ0v) is 11.4. The molecule has 3 heteroatoms. The molecule has 0 bridgehead atoms. The Labute approximate surface area is 108 Å². The van der Waals surface area contributed by atoms with Crippen LogP contribution in [-0.2, 0) is 0 Å². The Balaban J connectivity index is 3.31. The summed E-state index contributed by atoms with van der Waals surface area (Å²) in [6.07, 6.45) is 3.87. The highest BCUT2D eigenvalue weighted by Gasteiger charge is 2.15. The Morgan fingerprint density at radius 1 is 1.44 bits per heavy atom. The molecule has 0 saturated carbocycles. The lowest BCUT2D eigenvalue weighted by Crippen LogP contribution is -2.12. The van der Waals surface area contributed by atoms with Crippen molar-refractivity contribution in [3.8, 4) is 0 Å². The van der Waals surface area contributed by atoms with E-state index in [2.05, 4.69) is 5.32 Å². The number of allylic oxidation sites excluding steroid dienone is 1. The van der Waals surface area contributed by atoms with Crippen LogP contribution in [0, 0.1) is 5.82 Å². The first kappa shape index (κ1) is 14.4. The fourth-order valence-electron chi connectivity index (χ4n) is 1.83. The van der Waals surface area contributed by atoms with Crippen molar-refractivity contribution in [1.29, 1.82) is 0 Å². The Bertz CT molecular complexity index is 464. The van der Waals surface area contributed by atoms with Gasteiger partial charge in [0.1, 0.15) is 5.82 Å². The Morgan fingerprint density at radius 2 is 2.11 bits per heavy atom. The molecule has 0 heterocycles. The van der Waals surface area contributed by atoms with Crippen LogP contribution in [0.3, 0.4) is 0 Å². The maximum absolute atomic E-state index is 14.0. The number of hydrogen-bond donors (Lipinski definition) is 1. The van der Waals surface area contributed by atoms with Crippen LogP contribution in [0.4, 0.5) is 10.1 Å². The SMILES string of the molecule is C/C=C/c1cc(NC(C)C)cc(F)c1C(=O)CC. The summed E-state index contributed by atoms with van der Waals surface area (Å²) in [6.45, 7) is 7.55. The third-order valence-corrected chi connectivity index (χ3v) is 2.52. The number of ketones is 1. The van der Waals surface area contributed by atoms with E-state index in [1.165, 1.54) is 6.07 Å². The van der Waals surface area contributed by atoms with Gasteiger partial charge in [0, 0.05) is 18.2 Å². The molecule has 1 aromatic rings. The molecule has 2 nitrogen and oxygen atoms in total. The first-order chi connectivity index (χ1) is 8.49. The van der Waals surface area contributed by atoms with Crippen molar-refractivity contribution in [2.75, 3.05) is 5.32 Å². The molecule has 0 amide bonds. The topological polar surface area (TPSA) is 29.1 Å². The van der Waals surface area contributed by atoms with Crippen LogP contribution in [0.5, 0.6) is 0 Å². The van der Waals surface area contributed by atoms with Gasteiger partial charge in [-0.25, -0.2) is 4.39 Å². The lowest BCUT2D eigenvalue weighted by molar-refractivity contribution is 0.0984. The molecule has 1 N–H and O–H groups in total. The molecular formula is C15H20FNO. The zero-order chi connectivity index (χ0) is 13.7. The number of Topliss-reactive ketones (excluding diaryl/α,β-unsaturated/α-hetero) is 1. The molecule has 0 aliphatic rings. The smallest absolute Gasteiger partial charge is 0.166 e. The number of carbonyl (C=O) groups excluding carboxylic acids is 1. The summed E-state index contributed by atoms with van der Waals surface area (Å²) in [6, 6.07) is 3.41. The van der Waals surface area contributed by atoms with Crippen molar-refractivity contribution in [1.82, 2.24) is 0 Å². The van der Waals surface area contributed by atoms with Crippen LogP contribution < -0.4 is 5.32 Å². The molecule has 1 aromatic carbocycles. The molecule has 1 rings (SSSR count). The van der Waals surface area contributed by atoms with Crippen LogP contribution in [0.25, 0.3) is 6.08 Å². The second-order valence-electron chi connectivity index (χ2n) is 4.50. The predicted molar refractivity (Wildman–Crippen MR) is 74.5 cm³/mol. The molecule has 0 spiro atoms. The maximum atomic E-state index is 14.0. The fourth-order valence-corrected chi connectivity index (χ4v) is 1.83. The first-order valence-electron chi connectivity index (χ1n) is 6.25. The van der Waals surface area contributed by atoms with Gasteiger partial charge in [0.05, 0.1) is 5.56 Å². The molecule has 0 radical (unpaired) electrons. The predicted octanol–water partition coefficient (Wildman–Crippen LogP) is 4.27. The monoisotopic (exact) mass is 249 g/mol. The second kappa shape index (κ2) is 6.34. The lowest BCUT2D eigenvalue weighted by atomic mass is 9.99. The number of benzene rings is 1. The number of carbonyl (C=O) groups is 1. The third kappa shape index (κ3) is 3.42. The average molecular weight is 249 g/mol. The average Bonchev–Trinajstić information content (AvgIpc) is 2.27. The van der Waals surface area contributed by atoms with Gasteiger partial charge in [0.25, 0.3) is 0 Å². The van der Waals surface area contributed by atoms with E-state index in [4.69, 9.17) is 0 Å². The van der Waals surface area contributed by atoms with Crippen LogP contribution in [0.15, 0.2) is 18.2 Å². The number of anilines is 1. The second-order valence-corrected chi connectivity index (χ2v) is 4.50. The molecule has 0 aliphatic heterocycles. The van der Waals surface area contributed by atoms with E-state index < -0.39 is 5.82 Å². The summed E-state index contributed by atoms with van der Waals surface area (Å²) in [5.41, 5.74) is 1.51. The van der Waals surface area contributed by atoms with Gasteiger partial charge in [-0.15, -0.1) is 0 Å². The fraction of sp³-hybridized carbons (Fsp3) is 0.400. The molecule has 18 heavy (non-hydrogen) atoms. The van der Waals surface area contributed by atoms with E-state index in [9.17, 15) is 9.18 Å². The molecule has 0 saturated heterocycles. The molecule has 0 aromatic heterocycles. The normalized spacial score (nSPS) is 11.2. The lowest BCUT2D eigenvalue weighted by Gasteiger charge is -2.13. The molecule has 0 atom stereocenters. The van der Waals surface area contributed by atoms with Crippen molar-refractivity contribution >= 4 is 17.5 Å². The molecule has 0 fully saturated rings. The van der Waals surface area contributed by atoms with Crippen LogP contribution in [-0.4, -0.2) is 11.8 Å². The summed E-state index contributed by atoms with van der Waals surface area (Å²) in [5, 5.41) is 3.14. The quantitative estimate of drug-likeness (QED) is 0.789. The Morgan fingerprint density at radius 3 is 2.61 bits per heavy atom. The summed E-state index contributed by atoms with van der Waals surface area (Å²) in [5.74, 6) is -0.628.